The molecule has 1 amide bonds. The number of carbonyl (C=O) groups is 2. The number of aromatic nitrogens is 1. The molecule has 0 spiro atoms. The van der Waals surface area contributed by atoms with Crippen molar-refractivity contribution >= 4 is 46.1 Å². The van der Waals surface area contributed by atoms with Crippen LogP contribution in [0.5, 0.6) is 11.5 Å². The first kappa shape index (κ1) is 24.8. The average molecular weight is 540 g/mol. The molecule has 0 fully saturated rings. The van der Waals surface area contributed by atoms with Gasteiger partial charge in [-0.3, -0.25) is 14.2 Å². The quantitative estimate of drug-likeness (QED) is 0.500. The second-order valence-electron chi connectivity index (χ2n) is 8.26. The fourth-order valence-electron chi connectivity index (χ4n) is 4.55. The number of allylic oxidation sites excluding steroid dienone is 1. The number of thiazole rings is 1. The lowest BCUT2D eigenvalue weighted by Gasteiger charge is -2.25. The summed E-state index contributed by atoms with van der Waals surface area (Å²) in [5.74, 6) is -0.0688. The molecule has 1 atom stereocenters. The topological polar surface area (TPSA) is 108 Å². The Morgan fingerprint density at radius 3 is 2.59 bits per heavy atom. The Bertz CT molecular complexity index is 1690. The molecule has 3 aromatic rings. The Hall–Kier alpha value is -3.89. The summed E-state index contributed by atoms with van der Waals surface area (Å²) in [5, 5.41) is 3.22. The smallest absolute Gasteiger partial charge is 0.338 e. The number of hydrogen-bond donors (Lipinski definition) is 1. The summed E-state index contributed by atoms with van der Waals surface area (Å²) in [6.45, 7) is 3.55. The average Bonchev–Trinajstić information content (AvgIpc) is 3.37. The third-order valence-electron chi connectivity index (χ3n) is 6.17. The van der Waals surface area contributed by atoms with Crippen molar-refractivity contribution in [3.63, 3.8) is 0 Å². The van der Waals surface area contributed by atoms with Crippen molar-refractivity contribution in [2.45, 2.75) is 19.9 Å². The number of benzene rings is 2. The predicted octanol–water partition coefficient (Wildman–Crippen LogP) is 2.79. The summed E-state index contributed by atoms with van der Waals surface area (Å²) in [6, 6.07) is 9.29. The zero-order valence-corrected chi connectivity index (χ0v) is 22.0. The normalized spacial score (nSPS) is 17.5. The second kappa shape index (κ2) is 9.53. The standard InChI is InChI=1S/C26H22ClN3O6S/c1-5-36-25(33)19-12(2)28-26-30(21(19)13-6-9-17(34-3)18(10-13)35-4)24(32)22(37-26)20-15-11-14(27)7-8-16(15)29-23(20)31/h6-11,21H,5H2,1-4H3,(H,29,31)/b22-20-/t21-/m0/s1. The molecule has 1 aromatic heterocycles. The fraction of sp³-hybridized carbons (Fsp3) is 0.231. The van der Waals surface area contributed by atoms with Gasteiger partial charge in [0.15, 0.2) is 16.3 Å². The zero-order valence-electron chi connectivity index (χ0n) is 20.4. The molecule has 11 heteroatoms. The Balaban J connectivity index is 1.82. The minimum Gasteiger partial charge on any atom is -0.493 e. The van der Waals surface area contributed by atoms with Crippen molar-refractivity contribution in [2.75, 3.05) is 26.1 Å². The van der Waals surface area contributed by atoms with Crippen molar-refractivity contribution in [3.05, 3.63) is 83.5 Å². The van der Waals surface area contributed by atoms with E-state index in [0.717, 1.165) is 11.3 Å². The van der Waals surface area contributed by atoms with E-state index in [1.54, 1.807) is 50.2 Å². The molecule has 0 aliphatic carbocycles. The van der Waals surface area contributed by atoms with Crippen LogP contribution in [0.1, 0.15) is 31.0 Å². The second-order valence-corrected chi connectivity index (χ2v) is 9.67. The van der Waals surface area contributed by atoms with Gasteiger partial charge in [0.05, 0.1) is 43.7 Å². The molecule has 0 saturated heterocycles. The van der Waals surface area contributed by atoms with Crippen LogP contribution >= 0.6 is 22.9 Å². The molecule has 2 aromatic carbocycles. The lowest BCUT2D eigenvalue weighted by atomic mass is 9.95. The monoisotopic (exact) mass is 539 g/mol. The van der Waals surface area contributed by atoms with Crippen LogP contribution < -0.4 is 29.7 Å². The van der Waals surface area contributed by atoms with Crippen molar-refractivity contribution in [2.24, 2.45) is 4.99 Å². The molecule has 2 aliphatic heterocycles. The molecule has 190 valence electrons. The summed E-state index contributed by atoms with van der Waals surface area (Å²) in [6.07, 6.45) is 0. The van der Waals surface area contributed by atoms with E-state index in [1.807, 2.05) is 0 Å². The van der Waals surface area contributed by atoms with Gasteiger partial charge in [-0.2, -0.15) is 0 Å². The van der Waals surface area contributed by atoms with Crippen LogP contribution in [-0.2, 0) is 14.3 Å². The maximum Gasteiger partial charge on any atom is 0.338 e. The van der Waals surface area contributed by atoms with E-state index in [-0.39, 0.29) is 22.3 Å². The van der Waals surface area contributed by atoms with E-state index in [4.69, 9.17) is 25.8 Å². The number of nitrogens with one attached hydrogen (secondary N) is 1. The third-order valence-corrected chi connectivity index (χ3v) is 7.46. The molecule has 3 heterocycles. The van der Waals surface area contributed by atoms with Gasteiger partial charge >= 0.3 is 5.97 Å². The molecule has 0 radical (unpaired) electrons. The molecule has 0 bridgehead atoms. The van der Waals surface area contributed by atoms with Gasteiger partial charge in [0, 0.05) is 16.3 Å². The van der Waals surface area contributed by atoms with Crippen LogP contribution in [0.25, 0.3) is 5.57 Å². The van der Waals surface area contributed by atoms with Gasteiger partial charge in [-0.15, -0.1) is 0 Å². The lowest BCUT2D eigenvalue weighted by Crippen LogP contribution is -2.40. The van der Waals surface area contributed by atoms with Gasteiger partial charge in [-0.1, -0.05) is 29.0 Å². The van der Waals surface area contributed by atoms with Crippen LogP contribution in [0, 0.1) is 0 Å². The first-order valence-corrected chi connectivity index (χ1v) is 12.5. The van der Waals surface area contributed by atoms with E-state index in [9.17, 15) is 14.4 Å². The number of halogens is 1. The number of nitrogens with zero attached hydrogens (tertiary/aromatic N) is 2. The summed E-state index contributed by atoms with van der Waals surface area (Å²) in [7, 11) is 3.02. The Kier molecular flexibility index (Phi) is 6.38. The van der Waals surface area contributed by atoms with Crippen LogP contribution in [0.4, 0.5) is 5.69 Å². The zero-order chi connectivity index (χ0) is 26.4. The van der Waals surface area contributed by atoms with Gasteiger partial charge in [-0.25, -0.2) is 9.79 Å². The highest BCUT2D eigenvalue weighted by Crippen LogP contribution is 2.36. The van der Waals surface area contributed by atoms with Crippen LogP contribution in [-0.4, -0.2) is 37.3 Å². The summed E-state index contributed by atoms with van der Waals surface area (Å²) in [4.78, 5) is 45.0. The van der Waals surface area contributed by atoms with Crippen LogP contribution in [0.3, 0.4) is 0 Å². The number of rotatable bonds is 5. The molecule has 9 nitrogen and oxygen atoms in total. The highest BCUT2D eigenvalue weighted by molar-refractivity contribution is 7.07. The van der Waals surface area contributed by atoms with E-state index in [0.29, 0.717) is 43.8 Å². The number of amides is 1. The maximum atomic E-state index is 14.0. The van der Waals surface area contributed by atoms with Gasteiger partial charge < -0.3 is 19.5 Å². The highest BCUT2D eigenvalue weighted by atomic mass is 35.5. The number of ether oxygens (including phenoxy) is 3. The third kappa shape index (κ3) is 4.02. The summed E-state index contributed by atoms with van der Waals surface area (Å²) < 4.78 is 17.8. The molecule has 0 saturated carbocycles. The van der Waals surface area contributed by atoms with Gasteiger partial charge in [0.25, 0.3) is 11.5 Å². The Morgan fingerprint density at radius 1 is 1.14 bits per heavy atom. The number of anilines is 1. The maximum absolute atomic E-state index is 14.0. The SMILES string of the molecule is CCOC(=O)C1=C(C)N=c2s/c(=C3\C(=O)Nc4ccc(Cl)cc43)c(=O)n2[C@H]1c1ccc(OC)c(OC)c1. The van der Waals surface area contributed by atoms with E-state index >= 15 is 0 Å². The first-order valence-electron chi connectivity index (χ1n) is 11.3. The molecule has 2 aliphatic rings. The minimum absolute atomic E-state index is 0.153. The van der Waals surface area contributed by atoms with Gasteiger partial charge in [-0.05, 0) is 49.7 Å². The van der Waals surface area contributed by atoms with Crippen molar-refractivity contribution in [1.29, 1.82) is 0 Å². The lowest BCUT2D eigenvalue weighted by molar-refractivity contribution is -0.139. The number of esters is 1. The number of carbonyl (C=O) groups excluding carboxylic acids is 2. The molecule has 5 rings (SSSR count). The number of methoxy groups -OCH3 is 2. The molecular weight excluding hydrogens is 518 g/mol. The van der Waals surface area contributed by atoms with Crippen molar-refractivity contribution in [3.8, 4) is 11.5 Å². The molecule has 37 heavy (non-hydrogen) atoms. The molecular formula is C26H22ClN3O6S. The van der Waals surface area contributed by atoms with Crippen molar-refractivity contribution in [1.82, 2.24) is 4.57 Å². The fourth-order valence-corrected chi connectivity index (χ4v) is 5.86. The van der Waals surface area contributed by atoms with Crippen molar-refractivity contribution < 1.29 is 23.8 Å². The first-order chi connectivity index (χ1) is 17.8. The Labute approximate surface area is 220 Å². The Morgan fingerprint density at radius 2 is 1.89 bits per heavy atom. The van der Waals surface area contributed by atoms with Gasteiger partial charge in [0.2, 0.25) is 0 Å². The largest absolute Gasteiger partial charge is 0.493 e. The van der Waals surface area contributed by atoms with E-state index in [2.05, 4.69) is 10.3 Å². The van der Waals surface area contributed by atoms with Gasteiger partial charge in [0.1, 0.15) is 4.53 Å². The predicted molar refractivity (Wildman–Crippen MR) is 139 cm³/mol. The molecule has 1 N–H and O–H groups in total. The van der Waals surface area contributed by atoms with E-state index < -0.39 is 23.5 Å². The minimum atomic E-state index is -0.868. The number of hydrogen-bond acceptors (Lipinski definition) is 8. The summed E-state index contributed by atoms with van der Waals surface area (Å²) in [5.41, 5.74) is 2.07. The number of fused-ring (bicyclic) bond motifs is 2. The van der Waals surface area contributed by atoms with Crippen LogP contribution in [0.15, 0.2) is 57.5 Å². The molecule has 0 unspecified atom stereocenters. The summed E-state index contributed by atoms with van der Waals surface area (Å²) >= 11 is 7.27. The van der Waals surface area contributed by atoms with Crippen LogP contribution in [0.2, 0.25) is 5.02 Å². The van der Waals surface area contributed by atoms with E-state index in [1.165, 1.54) is 18.8 Å². The highest BCUT2D eigenvalue weighted by Gasteiger charge is 2.35.